The molecule has 0 aliphatic rings. The maximum Gasteiger partial charge on any atom is 0.411 e. The molecule has 136 valence electrons. The van der Waals surface area contributed by atoms with E-state index in [1.807, 2.05) is 5.32 Å². The van der Waals surface area contributed by atoms with Crippen LogP contribution in [-0.4, -0.2) is 17.1 Å². The van der Waals surface area contributed by atoms with E-state index in [1.165, 1.54) is 77.0 Å². The molecular formula is C19H37NO3. The van der Waals surface area contributed by atoms with Crippen LogP contribution in [0.4, 0.5) is 4.79 Å². The SMILES string of the molecule is CCCCCCCCCCCCCCCCCC(=O)NC(=O)O. The molecule has 23 heavy (non-hydrogen) atoms. The third kappa shape index (κ3) is 18.9. The average Bonchev–Trinajstić information content (AvgIpc) is 2.50. The minimum absolute atomic E-state index is 0.324. The Bertz CT molecular complexity index is 292. The monoisotopic (exact) mass is 327 g/mol. The Hall–Kier alpha value is -1.06. The molecule has 0 heterocycles. The predicted molar refractivity (Wildman–Crippen MR) is 95.7 cm³/mol. The molecule has 0 bridgehead atoms. The van der Waals surface area contributed by atoms with Crippen molar-refractivity contribution in [1.29, 1.82) is 0 Å². The van der Waals surface area contributed by atoms with Gasteiger partial charge in [-0.3, -0.25) is 10.1 Å². The van der Waals surface area contributed by atoms with Gasteiger partial charge in [0.15, 0.2) is 0 Å². The molecule has 0 aliphatic heterocycles. The maximum atomic E-state index is 11.1. The van der Waals surface area contributed by atoms with E-state index in [0.717, 1.165) is 19.3 Å². The highest BCUT2D eigenvalue weighted by Crippen LogP contribution is 2.13. The van der Waals surface area contributed by atoms with Gasteiger partial charge in [-0.2, -0.15) is 0 Å². The van der Waals surface area contributed by atoms with E-state index in [2.05, 4.69) is 6.92 Å². The first-order valence-electron chi connectivity index (χ1n) is 9.69. The zero-order valence-electron chi connectivity index (χ0n) is 15.1. The van der Waals surface area contributed by atoms with Gasteiger partial charge in [-0.05, 0) is 6.42 Å². The Morgan fingerprint density at radius 2 is 1.00 bits per heavy atom. The van der Waals surface area contributed by atoms with Crippen LogP contribution in [0.15, 0.2) is 0 Å². The maximum absolute atomic E-state index is 11.1. The van der Waals surface area contributed by atoms with Crippen molar-refractivity contribution < 1.29 is 14.7 Å². The Morgan fingerprint density at radius 1 is 0.652 bits per heavy atom. The summed E-state index contributed by atoms with van der Waals surface area (Å²) in [6.45, 7) is 2.26. The fraction of sp³-hybridized carbons (Fsp3) is 0.895. The summed E-state index contributed by atoms with van der Waals surface area (Å²) in [6.07, 6.45) is 18.4. The molecule has 0 radical (unpaired) electrons. The molecule has 0 unspecified atom stereocenters. The second-order valence-corrected chi connectivity index (χ2v) is 6.55. The number of imide groups is 1. The molecule has 0 aromatic heterocycles. The number of nitrogens with one attached hydrogen (secondary N) is 1. The Morgan fingerprint density at radius 3 is 1.35 bits per heavy atom. The van der Waals surface area contributed by atoms with E-state index in [0.29, 0.717) is 6.42 Å². The lowest BCUT2D eigenvalue weighted by molar-refractivity contribution is -0.120. The summed E-state index contributed by atoms with van der Waals surface area (Å²) in [5.74, 6) is -0.382. The lowest BCUT2D eigenvalue weighted by atomic mass is 10.0. The molecule has 0 aromatic rings. The summed E-state index contributed by atoms with van der Waals surface area (Å²) in [6, 6.07) is 0. The van der Waals surface area contributed by atoms with E-state index >= 15 is 0 Å². The minimum Gasteiger partial charge on any atom is -0.465 e. The van der Waals surface area contributed by atoms with Gasteiger partial charge in [-0.15, -0.1) is 0 Å². The molecule has 0 fully saturated rings. The highest BCUT2D eigenvalue weighted by atomic mass is 16.4. The Balaban J connectivity index is 3.08. The van der Waals surface area contributed by atoms with Crippen molar-refractivity contribution >= 4 is 12.0 Å². The van der Waals surface area contributed by atoms with Crippen LogP contribution >= 0.6 is 0 Å². The van der Waals surface area contributed by atoms with Gasteiger partial charge in [0, 0.05) is 6.42 Å². The van der Waals surface area contributed by atoms with Gasteiger partial charge in [0.05, 0.1) is 0 Å². The van der Waals surface area contributed by atoms with Gasteiger partial charge in [-0.25, -0.2) is 4.79 Å². The van der Waals surface area contributed by atoms with Crippen LogP contribution in [0.25, 0.3) is 0 Å². The number of carboxylic acid groups (broad SMARTS) is 1. The second-order valence-electron chi connectivity index (χ2n) is 6.55. The van der Waals surface area contributed by atoms with Crippen molar-refractivity contribution in [3.05, 3.63) is 0 Å². The van der Waals surface area contributed by atoms with Crippen LogP contribution in [0.5, 0.6) is 0 Å². The quantitative estimate of drug-likeness (QED) is 0.339. The average molecular weight is 328 g/mol. The highest BCUT2D eigenvalue weighted by Gasteiger charge is 2.04. The van der Waals surface area contributed by atoms with Crippen molar-refractivity contribution in [2.45, 2.75) is 110 Å². The number of amides is 2. The van der Waals surface area contributed by atoms with Crippen molar-refractivity contribution in [2.75, 3.05) is 0 Å². The first-order chi connectivity index (χ1) is 11.2. The van der Waals surface area contributed by atoms with E-state index in [4.69, 9.17) is 5.11 Å². The third-order valence-electron chi connectivity index (χ3n) is 4.25. The molecule has 4 heteroatoms. The molecule has 0 atom stereocenters. The second kappa shape index (κ2) is 17.3. The standard InChI is InChI=1S/C19H37NO3/c1-2-3-4-5-6-7-8-9-10-11-12-13-14-15-16-17-18(21)20-19(22)23/h2-17H2,1H3,(H,20,21)(H,22,23). The first-order valence-corrected chi connectivity index (χ1v) is 9.69. The van der Waals surface area contributed by atoms with Gasteiger partial charge in [0.1, 0.15) is 0 Å². The zero-order valence-corrected chi connectivity index (χ0v) is 15.1. The summed E-state index contributed by atoms with van der Waals surface area (Å²) in [5.41, 5.74) is 0. The molecular weight excluding hydrogens is 290 g/mol. The van der Waals surface area contributed by atoms with Crippen LogP contribution in [-0.2, 0) is 4.79 Å². The van der Waals surface area contributed by atoms with Gasteiger partial charge in [0.2, 0.25) is 5.91 Å². The van der Waals surface area contributed by atoms with Gasteiger partial charge in [-0.1, -0.05) is 96.8 Å². The molecule has 0 aromatic carbocycles. The lowest BCUT2D eigenvalue weighted by Gasteiger charge is -2.03. The highest BCUT2D eigenvalue weighted by molar-refractivity contribution is 5.90. The van der Waals surface area contributed by atoms with Crippen LogP contribution in [0.3, 0.4) is 0 Å². The number of carbonyl (C=O) groups excluding carboxylic acids is 1. The van der Waals surface area contributed by atoms with Gasteiger partial charge >= 0.3 is 6.09 Å². The van der Waals surface area contributed by atoms with Crippen molar-refractivity contribution in [3.63, 3.8) is 0 Å². The Labute approximate surface area is 142 Å². The molecule has 0 rings (SSSR count). The van der Waals surface area contributed by atoms with E-state index < -0.39 is 6.09 Å². The Kier molecular flexibility index (Phi) is 16.5. The molecule has 2 amide bonds. The van der Waals surface area contributed by atoms with E-state index in [9.17, 15) is 9.59 Å². The van der Waals surface area contributed by atoms with E-state index in [-0.39, 0.29) is 5.91 Å². The number of rotatable bonds is 16. The van der Waals surface area contributed by atoms with Crippen molar-refractivity contribution in [2.24, 2.45) is 0 Å². The first kappa shape index (κ1) is 21.9. The zero-order chi connectivity index (χ0) is 17.2. The number of hydrogen-bond donors (Lipinski definition) is 2. The summed E-state index contributed by atoms with van der Waals surface area (Å²) < 4.78 is 0. The largest absolute Gasteiger partial charge is 0.465 e. The fourth-order valence-corrected chi connectivity index (χ4v) is 2.84. The number of hydrogen-bond acceptors (Lipinski definition) is 2. The topological polar surface area (TPSA) is 66.4 Å². The van der Waals surface area contributed by atoms with Crippen molar-refractivity contribution in [1.82, 2.24) is 5.32 Å². The van der Waals surface area contributed by atoms with Gasteiger partial charge in [0.25, 0.3) is 0 Å². The molecule has 0 aliphatic carbocycles. The van der Waals surface area contributed by atoms with Crippen LogP contribution in [0, 0.1) is 0 Å². The molecule has 0 saturated heterocycles. The summed E-state index contributed by atoms with van der Waals surface area (Å²) in [7, 11) is 0. The van der Waals surface area contributed by atoms with E-state index in [1.54, 1.807) is 0 Å². The molecule has 4 nitrogen and oxygen atoms in total. The summed E-state index contributed by atoms with van der Waals surface area (Å²) in [4.78, 5) is 21.3. The predicted octanol–water partition coefficient (Wildman–Crippen LogP) is 6.04. The molecule has 2 N–H and O–H groups in total. The normalized spacial score (nSPS) is 10.7. The lowest BCUT2D eigenvalue weighted by Crippen LogP contribution is -2.28. The van der Waals surface area contributed by atoms with Crippen molar-refractivity contribution in [3.8, 4) is 0 Å². The third-order valence-corrected chi connectivity index (χ3v) is 4.25. The summed E-state index contributed by atoms with van der Waals surface area (Å²) in [5, 5.41) is 10.2. The molecule has 0 saturated carbocycles. The number of carbonyl (C=O) groups is 2. The minimum atomic E-state index is -1.25. The summed E-state index contributed by atoms with van der Waals surface area (Å²) >= 11 is 0. The fourth-order valence-electron chi connectivity index (χ4n) is 2.84. The van der Waals surface area contributed by atoms with Crippen LogP contribution < -0.4 is 5.32 Å². The molecule has 0 spiro atoms. The van der Waals surface area contributed by atoms with Crippen LogP contribution in [0.2, 0.25) is 0 Å². The smallest absolute Gasteiger partial charge is 0.411 e. The number of unbranched alkanes of at least 4 members (excludes halogenated alkanes) is 14. The van der Waals surface area contributed by atoms with Gasteiger partial charge < -0.3 is 5.11 Å². The van der Waals surface area contributed by atoms with Crippen LogP contribution in [0.1, 0.15) is 110 Å².